The van der Waals surface area contributed by atoms with Gasteiger partial charge in [-0.15, -0.1) is 24.8 Å². The van der Waals surface area contributed by atoms with E-state index in [4.69, 9.17) is 0 Å². The Morgan fingerprint density at radius 1 is 1.53 bits per heavy atom. The van der Waals surface area contributed by atoms with Gasteiger partial charge in [0.05, 0.1) is 12.2 Å². The normalized spacial score (nSPS) is 15.5. The molecule has 2 rings (SSSR count). The summed E-state index contributed by atoms with van der Waals surface area (Å²) in [5.41, 5.74) is 2.06. The number of nitrogens with zero attached hydrogens (tertiary/aromatic N) is 1. The predicted octanol–water partition coefficient (Wildman–Crippen LogP) is 1.71. The van der Waals surface area contributed by atoms with E-state index < -0.39 is 0 Å². The first kappa shape index (κ1) is 18.2. The molecule has 1 atom stereocenters. The van der Waals surface area contributed by atoms with E-state index in [1.54, 1.807) is 6.20 Å². The van der Waals surface area contributed by atoms with Gasteiger partial charge in [0.25, 0.3) is 0 Å². The second-order valence-corrected chi connectivity index (χ2v) is 4.69. The molecule has 108 valence electrons. The summed E-state index contributed by atoms with van der Waals surface area (Å²) >= 11 is 0. The number of hydrogen-bond donors (Lipinski definition) is 2. The third-order valence-corrected chi connectivity index (χ3v) is 3.48. The molecule has 2 heterocycles. The lowest BCUT2D eigenvalue weighted by Crippen LogP contribution is -2.49. The van der Waals surface area contributed by atoms with Crippen LogP contribution in [0.4, 0.5) is 0 Å². The third-order valence-electron chi connectivity index (χ3n) is 3.48. The Labute approximate surface area is 126 Å². The number of nitrogens with one attached hydrogen (secondary N) is 2. The van der Waals surface area contributed by atoms with E-state index >= 15 is 0 Å². The molecule has 0 spiro atoms. The summed E-state index contributed by atoms with van der Waals surface area (Å²) in [6.45, 7) is 6.43. The van der Waals surface area contributed by atoms with Gasteiger partial charge in [0, 0.05) is 12.1 Å². The van der Waals surface area contributed by atoms with Crippen LogP contribution in [0.1, 0.15) is 18.2 Å². The van der Waals surface area contributed by atoms with Crippen molar-refractivity contribution in [3.05, 3.63) is 29.6 Å². The Kier molecular flexibility index (Phi) is 7.99. The Bertz CT molecular complexity index is 411. The van der Waals surface area contributed by atoms with Gasteiger partial charge in [0.1, 0.15) is 0 Å². The third kappa shape index (κ3) is 4.64. The zero-order chi connectivity index (χ0) is 12.3. The van der Waals surface area contributed by atoms with Crippen LogP contribution in [0.25, 0.3) is 0 Å². The number of amides is 1. The maximum atomic E-state index is 11.9. The highest BCUT2D eigenvalue weighted by atomic mass is 35.5. The van der Waals surface area contributed by atoms with Gasteiger partial charge in [-0.3, -0.25) is 9.78 Å². The summed E-state index contributed by atoms with van der Waals surface area (Å²) in [7, 11) is 0. The summed E-state index contributed by atoms with van der Waals surface area (Å²) in [5.74, 6) is 0.696. The molecular formula is C13H21Cl2N3O. The molecule has 1 aromatic heterocycles. The highest BCUT2D eigenvalue weighted by Gasteiger charge is 2.28. The van der Waals surface area contributed by atoms with Crippen LogP contribution in [0.2, 0.25) is 0 Å². The van der Waals surface area contributed by atoms with Gasteiger partial charge in [-0.25, -0.2) is 0 Å². The van der Waals surface area contributed by atoms with Crippen molar-refractivity contribution in [3.63, 3.8) is 0 Å². The molecule has 0 aliphatic carbocycles. The summed E-state index contributed by atoms with van der Waals surface area (Å²) in [6, 6.07) is 3.91. The lowest BCUT2D eigenvalue weighted by Gasteiger charge is -2.31. The lowest BCUT2D eigenvalue weighted by atomic mass is 9.88. The maximum Gasteiger partial charge on any atom is 0.223 e. The van der Waals surface area contributed by atoms with E-state index in [9.17, 15) is 4.79 Å². The van der Waals surface area contributed by atoms with Crippen LogP contribution in [-0.4, -0.2) is 24.0 Å². The van der Waals surface area contributed by atoms with Gasteiger partial charge in [-0.2, -0.15) is 0 Å². The molecule has 1 unspecified atom stereocenters. The van der Waals surface area contributed by atoms with Crippen LogP contribution in [0.3, 0.4) is 0 Å². The van der Waals surface area contributed by atoms with Gasteiger partial charge in [-0.1, -0.05) is 13.0 Å². The first-order chi connectivity index (χ1) is 8.18. The second-order valence-electron chi connectivity index (χ2n) is 4.69. The van der Waals surface area contributed by atoms with E-state index in [1.165, 1.54) is 0 Å². The molecule has 0 bridgehead atoms. The molecule has 1 fully saturated rings. The molecule has 1 aliphatic heterocycles. The van der Waals surface area contributed by atoms with Crippen LogP contribution in [0.15, 0.2) is 18.3 Å². The van der Waals surface area contributed by atoms with Crippen LogP contribution < -0.4 is 10.6 Å². The number of carbonyl (C=O) groups is 1. The SMILES string of the molecule is Cc1cccnc1CNC(=O)C(C)C1CNC1.Cl.Cl. The van der Waals surface area contributed by atoms with Crippen LogP contribution in [-0.2, 0) is 11.3 Å². The number of hydrogen-bond acceptors (Lipinski definition) is 3. The van der Waals surface area contributed by atoms with Gasteiger partial charge in [-0.05, 0) is 37.6 Å². The topological polar surface area (TPSA) is 54.0 Å². The summed E-state index contributed by atoms with van der Waals surface area (Å²) in [5, 5.41) is 6.15. The van der Waals surface area contributed by atoms with Gasteiger partial charge < -0.3 is 10.6 Å². The molecule has 6 heteroatoms. The molecule has 19 heavy (non-hydrogen) atoms. The molecular weight excluding hydrogens is 285 g/mol. The highest BCUT2D eigenvalue weighted by Crippen LogP contribution is 2.16. The van der Waals surface area contributed by atoms with Crippen molar-refractivity contribution in [2.45, 2.75) is 20.4 Å². The molecule has 0 saturated carbocycles. The summed E-state index contributed by atoms with van der Waals surface area (Å²) in [4.78, 5) is 16.2. The minimum atomic E-state index is 0. The lowest BCUT2D eigenvalue weighted by molar-refractivity contribution is -0.126. The monoisotopic (exact) mass is 305 g/mol. The molecule has 1 amide bonds. The van der Waals surface area contributed by atoms with E-state index in [0.717, 1.165) is 24.3 Å². The molecule has 2 N–H and O–H groups in total. The number of rotatable bonds is 4. The number of pyridine rings is 1. The summed E-state index contributed by atoms with van der Waals surface area (Å²) < 4.78 is 0. The molecule has 1 aromatic rings. The average Bonchev–Trinajstić information content (AvgIpc) is 2.25. The minimum absolute atomic E-state index is 0. The Morgan fingerprint density at radius 2 is 2.21 bits per heavy atom. The number of aromatic nitrogens is 1. The van der Waals surface area contributed by atoms with E-state index in [0.29, 0.717) is 12.5 Å². The first-order valence-corrected chi connectivity index (χ1v) is 6.07. The number of halogens is 2. The smallest absolute Gasteiger partial charge is 0.223 e. The number of aryl methyl sites for hydroxylation is 1. The molecule has 0 radical (unpaired) electrons. The zero-order valence-electron chi connectivity index (χ0n) is 11.2. The quantitative estimate of drug-likeness (QED) is 0.890. The van der Waals surface area contributed by atoms with E-state index in [2.05, 4.69) is 15.6 Å². The van der Waals surface area contributed by atoms with Gasteiger partial charge in [0.15, 0.2) is 0 Å². The van der Waals surface area contributed by atoms with Crippen molar-refractivity contribution < 1.29 is 4.79 Å². The van der Waals surface area contributed by atoms with Crippen molar-refractivity contribution in [1.82, 2.24) is 15.6 Å². The fourth-order valence-electron chi connectivity index (χ4n) is 1.91. The van der Waals surface area contributed by atoms with Crippen molar-refractivity contribution in [2.24, 2.45) is 11.8 Å². The van der Waals surface area contributed by atoms with E-state index in [1.807, 2.05) is 26.0 Å². The molecule has 1 saturated heterocycles. The molecule has 4 nitrogen and oxygen atoms in total. The van der Waals surface area contributed by atoms with Crippen LogP contribution in [0, 0.1) is 18.8 Å². The van der Waals surface area contributed by atoms with Crippen LogP contribution in [0.5, 0.6) is 0 Å². The van der Waals surface area contributed by atoms with Crippen molar-refractivity contribution >= 4 is 30.7 Å². The Hall–Kier alpha value is -0.840. The average molecular weight is 306 g/mol. The van der Waals surface area contributed by atoms with Crippen molar-refractivity contribution in [2.75, 3.05) is 13.1 Å². The second kappa shape index (κ2) is 8.35. The Balaban J connectivity index is 0.00000162. The fourth-order valence-corrected chi connectivity index (χ4v) is 1.91. The standard InChI is InChI=1S/C13H19N3O.2ClH/c1-9-4-3-5-15-12(9)8-16-13(17)10(2)11-6-14-7-11;;/h3-5,10-11,14H,6-8H2,1-2H3,(H,16,17);2*1H. The highest BCUT2D eigenvalue weighted by molar-refractivity contribution is 5.85. The maximum absolute atomic E-state index is 11.9. The zero-order valence-corrected chi connectivity index (χ0v) is 12.8. The van der Waals surface area contributed by atoms with Gasteiger partial charge >= 0.3 is 0 Å². The van der Waals surface area contributed by atoms with Crippen LogP contribution >= 0.6 is 24.8 Å². The minimum Gasteiger partial charge on any atom is -0.350 e. The molecule has 0 aromatic carbocycles. The largest absolute Gasteiger partial charge is 0.350 e. The van der Waals surface area contributed by atoms with Crippen molar-refractivity contribution in [1.29, 1.82) is 0 Å². The fraction of sp³-hybridized carbons (Fsp3) is 0.538. The Morgan fingerprint density at radius 3 is 2.74 bits per heavy atom. The van der Waals surface area contributed by atoms with E-state index in [-0.39, 0.29) is 36.6 Å². The summed E-state index contributed by atoms with van der Waals surface area (Å²) in [6.07, 6.45) is 1.76. The first-order valence-electron chi connectivity index (χ1n) is 6.07. The van der Waals surface area contributed by atoms with Gasteiger partial charge in [0.2, 0.25) is 5.91 Å². The predicted molar refractivity (Wildman–Crippen MR) is 80.8 cm³/mol. The molecule has 1 aliphatic rings. The number of carbonyl (C=O) groups excluding carboxylic acids is 1. The van der Waals surface area contributed by atoms with Crippen molar-refractivity contribution in [3.8, 4) is 0 Å².